The van der Waals surface area contributed by atoms with E-state index in [1.54, 1.807) is 0 Å². The average Bonchev–Trinajstić information content (AvgIpc) is 2.28. The third kappa shape index (κ3) is 4.97. The van der Waals surface area contributed by atoms with E-state index in [2.05, 4.69) is 0 Å². The molecule has 0 saturated carbocycles. The molecule has 0 aliphatic heterocycles. The van der Waals surface area contributed by atoms with E-state index in [1.165, 1.54) is 5.32 Å². The Morgan fingerprint density at radius 1 is 1.18 bits per heavy atom. The number of alkyl halides is 6. The molecule has 0 saturated heterocycles. The zero-order chi connectivity index (χ0) is 17.3. The highest BCUT2D eigenvalue weighted by Gasteiger charge is 2.39. The van der Waals surface area contributed by atoms with Gasteiger partial charge in [-0.15, -0.1) is 0 Å². The van der Waals surface area contributed by atoms with Crippen LogP contribution in [0.5, 0.6) is 0 Å². The van der Waals surface area contributed by atoms with Crippen LogP contribution in [0.15, 0.2) is 17.0 Å². The molecule has 1 rings (SSSR count). The van der Waals surface area contributed by atoms with E-state index < -0.39 is 51.2 Å². The Morgan fingerprint density at radius 3 is 2.18 bits per heavy atom. The number of benzene rings is 1. The first-order chi connectivity index (χ1) is 9.81. The summed E-state index contributed by atoms with van der Waals surface area (Å²) >= 11 is 0. The molecule has 1 unspecified atom stereocenters. The van der Waals surface area contributed by atoms with E-state index in [1.807, 2.05) is 0 Å². The highest BCUT2D eigenvalue weighted by Crippen LogP contribution is 2.27. The normalized spacial score (nSPS) is 13.8. The highest BCUT2D eigenvalue weighted by atomic mass is 32.2. The van der Waals surface area contributed by atoms with Crippen LogP contribution < -0.4 is 5.32 Å². The summed E-state index contributed by atoms with van der Waals surface area (Å²) in [7, 11) is -2.64. The van der Waals surface area contributed by atoms with Crippen molar-refractivity contribution in [2.24, 2.45) is 0 Å². The molecule has 0 fully saturated rings. The second-order valence-corrected chi connectivity index (χ2v) is 5.57. The molecule has 1 aromatic carbocycles. The van der Waals surface area contributed by atoms with Crippen LogP contribution in [0.4, 0.5) is 36.4 Å². The number of rotatable bonds is 3. The molecule has 0 aliphatic carbocycles. The van der Waals surface area contributed by atoms with Gasteiger partial charge < -0.3 is 5.32 Å². The smallest absolute Gasteiger partial charge is 0.316 e. The summed E-state index contributed by atoms with van der Waals surface area (Å²) in [5.41, 5.74) is -1.15. The molecule has 124 valence electrons. The van der Waals surface area contributed by atoms with Gasteiger partial charge in [-0.2, -0.15) is 26.3 Å². The molecule has 22 heavy (non-hydrogen) atoms. The zero-order valence-corrected chi connectivity index (χ0v) is 11.5. The topological polar surface area (TPSA) is 46.2 Å². The Balaban J connectivity index is 3.15. The van der Waals surface area contributed by atoms with Gasteiger partial charge in [0.25, 0.3) is 0 Å². The summed E-state index contributed by atoms with van der Waals surface area (Å²) in [6.07, 6.45) is -10.1. The Bertz CT molecular complexity index is 610. The minimum Gasteiger partial charge on any atom is -0.316 e. The second kappa shape index (κ2) is 6.23. The molecule has 0 aromatic heterocycles. The van der Waals surface area contributed by atoms with Crippen molar-refractivity contribution in [3.05, 3.63) is 23.5 Å². The summed E-state index contributed by atoms with van der Waals surface area (Å²) in [6.45, 7) is 1.14. The van der Waals surface area contributed by atoms with Gasteiger partial charge in [-0.1, -0.05) is 0 Å². The van der Waals surface area contributed by atoms with Gasteiger partial charge in [0.15, 0.2) is 0 Å². The molecule has 1 N–H and O–H groups in total. The number of halogens is 7. The molecule has 3 nitrogen and oxygen atoms in total. The number of carbonyl (C=O) groups is 1. The molecule has 1 atom stereocenters. The van der Waals surface area contributed by atoms with E-state index in [0.717, 1.165) is 6.92 Å². The van der Waals surface area contributed by atoms with Gasteiger partial charge in [0.2, 0.25) is 0 Å². The van der Waals surface area contributed by atoms with Crippen molar-refractivity contribution in [2.75, 3.05) is 11.1 Å². The summed E-state index contributed by atoms with van der Waals surface area (Å²) in [5, 5.41) is 1.18. The molecule has 0 radical (unpaired) electrons. The number of nitrogens with one attached hydrogen (secondary N) is 1. The van der Waals surface area contributed by atoms with E-state index in [4.69, 9.17) is 0 Å². The minimum atomic E-state index is -5.30. The van der Waals surface area contributed by atoms with E-state index >= 15 is 0 Å². The fourth-order valence-electron chi connectivity index (χ4n) is 1.41. The van der Waals surface area contributed by atoms with E-state index in [9.17, 15) is 39.7 Å². The lowest BCUT2D eigenvalue weighted by atomic mass is 10.2. The van der Waals surface area contributed by atoms with Gasteiger partial charge in [-0.3, -0.25) is 9.00 Å². The molecule has 0 aliphatic rings. The third-order valence-electron chi connectivity index (χ3n) is 2.31. The monoisotopic (exact) mass is 351 g/mol. The maximum absolute atomic E-state index is 13.5. The van der Waals surface area contributed by atoms with Gasteiger partial charge in [-0.25, -0.2) is 4.39 Å². The van der Waals surface area contributed by atoms with Crippen molar-refractivity contribution in [2.45, 2.75) is 24.2 Å². The van der Waals surface area contributed by atoms with Crippen molar-refractivity contribution >= 4 is 22.4 Å². The van der Waals surface area contributed by atoms with Crippen LogP contribution in [-0.4, -0.2) is 28.2 Å². The maximum Gasteiger partial charge on any atom is 0.471 e. The molecule has 0 bridgehead atoms. The average molecular weight is 351 g/mol. The Morgan fingerprint density at radius 2 is 1.73 bits per heavy atom. The van der Waals surface area contributed by atoms with Crippen LogP contribution in [0.2, 0.25) is 0 Å². The van der Waals surface area contributed by atoms with Crippen molar-refractivity contribution in [3.63, 3.8) is 0 Å². The largest absolute Gasteiger partial charge is 0.471 e. The molecule has 11 heteroatoms. The van der Waals surface area contributed by atoms with E-state index in [-0.39, 0.29) is 5.56 Å². The van der Waals surface area contributed by atoms with E-state index in [0.29, 0.717) is 12.1 Å². The van der Waals surface area contributed by atoms with Crippen LogP contribution in [0.25, 0.3) is 0 Å². The summed E-state index contributed by atoms with van der Waals surface area (Å²) in [5.74, 6) is -5.53. The predicted molar refractivity (Wildman–Crippen MR) is 63.2 cm³/mol. The summed E-state index contributed by atoms with van der Waals surface area (Å²) in [4.78, 5) is 10.2. The summed E-state index contributed by atoms with van der Waals surface area (Å²) < 4.78 is 97.8. The molecule has 1 amide bonds. The number of hydrogen-bond donors (Lipinski definition) is 1. The van der Waals surface area contributed by atoms with Crippen molar-refractivity contribution in [3.8, 4) is 0 Å². The van der Waals surface area contributed by atoms with Crippen molar-refractivity contribution < 1.29 is 39.7 Å². The molecule has 1 aromatic rings. The quantitative estimate of drug-likeness (QED) is 0.850. The van der Waals surface area contributed by atoms with Crippen LogP contribution in [0.3, 0.4) is 0 Å². The highest BCUT2D eigenvalue weighted by molar-refractivity contribution is 7.85. The van der Waals surface area contributed by atoms with Crippen LogP contribution in [-0.2, 0) is 15.6 Å². The third-order valence-corrected chi connectivity index (χ3v) is 3.83. The van der Waals surface area contributed by atoms with Crippen molar-refractivity contribution in [1.29, 1.82) is 0 Å². The fourth-order valence-corrected chi connectivity index (χ4v) is 2.53. The first-order valence-electron chi connectivity index (χ1n) is 5.44. The number of hydrogen-bond acceptors (Lipinski definition) is 2. The lowest BCUT2D eigenvalue weighted by molar-refractivity contribution is -0.167. The first-order valence-corrected chi connectivity index (χ1v) is 6.76. The van der Waals surface area contributed by atoms with Gasteiger partial charge >= 0.3 is 18.3 Å². The van der Waals surface area contributed by atoms with Gasteiger partial charge in [0, 0.05) is 4.90 Å². The SMILES string of the molecule is Cc1cc(F)c(NC(=O)C(F)(F)F)cc1S(=O)CC(F)(F)F. The minimum absolute atomic E-state index is 0.148. The standard InChI is InChI=1S/C11H8F7NO2S/c1-5-2-6(12)7(19-9(20)11(16,17)18)3-8(5)22(21)4-10(13,14)15/h2-3H,4H2,1H3,(H,19,20). The first kappa shape index (κ1) is 18.4. The maximum atomic E-state index is 13.5. The second-order valence-electron chi connectivity index (χ2n) is 4.15. The number of amides is 1. The molecule has 0 heterocycles. The Labute approximate surface area is 122 Å². The van der Waals surface area contributed by atoms with Gasteiger partial charge in [0.1, 0.15) is 11.6 Å². The predicted octanol–water partition coefficient (Wildman–Crippen LogP) is 3.30. The lowest BCUT2D eigenvalue weighted by Crippen LogP contribution is -2.30. The Kier molecular flexibility index (Phi) is 5.21. The number of anilines is 1. The van der Waals surface area contributed by atoms with Crippen LogP contribution in [0, 0.1) is 12.7 Å². The lowest BCUT2D eigenvalue weighted by Gasteiger charge is -2.13. The van der Waals surface area contributed by atoms with Crippen LogP contribution >= 0.6 is 0 Å². The number of aryl methyl sites for hydroxylation is 1. The Hall–Kier alpha value is -1.65. The van der Waals surface area contributed by atoms with Gasteiger partial charge in [0.05, 0.1) is 16.5 Å². The molecular formula is C11H8F7NO2S. The van der Waals surface area contributed by atoms with Gasteiger partial charge in [-0.05, 0) is 24.6 Å². The fraction of sp³-hybridized carbons (Fsp3) is 0.364. The summed E-state index contributed by atoms with van der Waals surface area (Å²) in [6, 6.07) is 1.09. The van der Waals surface area contributed by atoms with Crippen LogP contribution in [0.1, 0.15) is 5.56 Å². The zero-order valence-electron chi connectivity index (χ0n) is 10.7. The molecule has 0 spiro atoms. The van der Waals surface area contributed by atoms with Crippen molar-refractivity contribution in [1.82, 2.24) is 0 Å². The number of carbonyl (C=O) groups excluding carboxylic acids is 1. The molecular weight excluding hydrogens is 343 g/mol.